The fourth-order valence-corrected chi connectivity index (χ4v) is 1.92. The summed E-state index contributed by atoms with van der Waals surface area (Å²) in [4.78, 5) is 0. The van der Waals surface area contributed by atoms with Gasteiger partial charge in [0.15, 0.2) is 0 Å². The molecule has 0 aromatic heterocycles. The number of benzene rings is 1. The largest absolute Gasteiger partial charge is 0.653 e. The van der Waals surface area contributed by atoms with Gasteiger partial charge < -0.3 is 0 Å². The van der Waals surface area contributed by atoms with E-state index in [4.69, 9.17) is 0 Å². The van der Waals surface area contributed by atoms with Crippen molar-refractivity contribution in [2.45, 2.75) is 13.8 Å². The van der Waals surface area contributed by atoms with E-state index >= 15 is 0 Å². The van der Waals surface area contributed by atoms with Gasteiger partial charge in [0, 0.05) is 5.19 Å². The van der Waals surface area contributed by atoms with E-state index in [-0.39, 0.29) is 0 Å². The number of rotatable bonds is 1. The van der Waals surface area contributed by atoms with Gasteiger partial charge in [-0.05, 0) is 13.8 Å². The van der Waals surface area contributed by atoms with Crippen LogP contribution in [0.4, 0.5) is 12.3 Å². The zero-order valence-corrected chi connectivity index (χ0v) is 7.87. The van der Waals surface area contributed by atoms with Gasteiger partial charge in [0.2, 0.25) is 0 Å². The fourth-order valence-electron chi connectivity index (χ4n) is 1.14. The standard InChI is InChI=1S/C8H9F3Si/c1-6-3-7(2)5-8(4-6)12(9,10)11/h3-5H,1-2H3. The Bertz CT molecular complexity index is 271. The van der Waals surface area contributed by atoms with Crippen molar-refractivity contribution in [2.24, 2.45) is 0 Å². The van der Waals surface area contributed by atoms with E-state index in [0.29, 0.717) is 11.1 Å². The second kappa shape index (κ2) is 2.93. The first-order valence-corrected chi connectivity index (χ1v) is 5.18. The third-order valence-electron chi connectivity index (χ3n) is 1.55. The molecule has 0 spiro atoms. The molecule has 66 valence electrons. The van der Waals surface area contributed by atoms with Gasteiger partial charge in [-0.2, -0.15) is 0 Å². The van der Waals surface area contributed by atoms with Gasteiger partial charge >= 0.3 is 9.08 Å². The monoisotopic (exact) mass is 190 g/mol. The third kappa shape index (κ3) is 2.10. The number of aryl methyl sites for hydroxylation is 2. The maximum atomic E-state index is 12.3. The van der Waals surface area contributed by atoms with Crippen molar-refractivity contribution in [1.82, 2.24) is 0 Å². The van der Waals surface area contributed by atoms with Gasteiger partial charge in [-0.25, -0.2) is 12.3 Å². The molecular formula is C8H9F3Si. The molecule has 0 N–H and O–H groups in total. The summed E-state index contributed by atoms with van der Waals surface area (Å²) < 4.78 is 36.9. The molecule has 0 aliphatic heterocycles. The van der Waals surface area contributed by atoms with E-state index in [0.717, 1.165) is 0 Å². The number of halogens is 3. The zero-order chi connectivity index (χ0) is 9.35. The summed E-state index contributed by atoms with van der Waals surface area (Å²) in [6.45, 7) is 3.35. The average molecular weight is 190 g/mol. The topological polar surface area (TPSA) is 0 Å². The molecule has 0 aliphatic carbocycles. The molecule has 1 aromatic rings. The molecule has 0 unspecified atom stereocenters. The van der Waals surface area contributed by atoms with E-state index in [1.807, 2.05) is 0 Å². The quantitative estimate of drug-likeness (QED) is 0.471. The molecule has 1 aromatic carbocycles. The summed E-state index contributed by atoms with van der Waals surface area (Å²) in [5, 5.41) is -0.431. The van der Waals surface area contributed by atoms with Gasteiger partial charge in [-0.15, -0.1) is 0 Å². The van der Waals surface area contributed by atoms with Crippen molar-refractivity contribution < 1.29 is 12.3 Å². The lowest BCUT2D eigenvalue weighted by Crippen LogP contribution is -2.34. The van der Waals surface area contributed by atoms with Crippen LogP contribution in [-0.4, -0.2) is 9.08 Å². The molecule has 0 radical (unpaired) electrons. The molecule has 0 saturated carbocycles. The molecular weight excluding hydrogens is 181 g/mol. The average Bonchev–Trinajstić information content (AvgIpc) is 1.82. The molecule has 4 heteroatoms. The number of hydrogen-bond acceptors (Lipinski definition) is 0. The first kappa shape index (κ1) is 9.32. The molecule has 12 heavy (non-hydrogen) atoms. The van der Waals surface area contributed by atoms with Gasteiger partial charge in [0.05, 0.1) is 0 Å². The zero-order valence-electron chi connectivity index (χ0n) is 6.87. The Balaban J connectivity index is 3.18. The highest BCUT2D eigenvalue weighted by Gasteiger charge is 2.39. The van der Waals surface area contributed by atoms with Crippen LogP contribution in [0.25, 0.3) is 0 Å². The van der Waals surface area contributed by atoms with Crippen molar-refractivity contribution in [3.8, 4) is 0 Å². The molecule has 0 aliphatic rings. The molecule has 0 nitrogen and oxygen atoms in total. The minimum atomic E-state index is -5.60. The summed E-state index contributed by atoms with van der Waals surface area (Å²) in [6.07, 6.45) is 0. The van der Waals surface area contributed by atoms with Crippen LogP contribution < -0.4 is 5.19 Å². The lowest BCUT2D eigenvalue weighted by atomic mass is 10.2. The summed E-state index contributed by atoms with van der Waals surface area (Å²) in [5.74, 6) is 0. The van der Waals surface area contributed by atoms with Gasteiger partial charge in [0.25, 0.3) is 0 Å². The predicted molar refractivity (Wildman–Crippen MR) is 44.6 cm³/mol. The Morgan fingerprint density at radius 1 is 0.917 bits per heavy atom. The van der Waals surface area contributed by atoms with Crippen molar-refractivity contribution in [3.05, 3.63) is 29.3 Å². The minimum absolute atomic E-state index is 0.431. The molecule has 0 amide bonds. The minimum Gasteiger partial charge on any atom is -0.234 e. The molecule has 0 atom stereocenters. The van der Waals surface area contributed by atoms with Crippen LogP contribution in [0.3, 0.4) is 0 Å². The van der Waals surface area contributed by atoms with Crippen LogP contribution in [0.1, 0.15) is 11.1 Å². The van der Waals surface area contributed by atoms with Crippen molar-refractivity contribution in [1.29, 1.82) is 0 Å². The highest BCUT2D eigenvalue weighted by atomic mass is 28.5. The third-order valence-corrected chi connectivity index (χ3v) is 2.49. The van der Waals surface area contributed by atoms with Crippen LogP contribution in [-0.2, 0) is 0 Å². The number of hydrogen-bond donors (Lipinski definition) is 0. The van der Waals surface area contributed by atoms with E-state index in [9.17, 15) is 12.3 Å². The molecule has 0 saturated heterocycles. The van der Waals surface area contributed by atoms with Gasteiger partial charge in [-0.3, -0.25) is 0 Å². The van der Waals surface area contributed by atoms with Gasteiger partial charge in [-0.1, -0.05) is 29.3 Å². The van der Waals surface area contributed by atoms with E-state index in [1.54, 1.807) is 19.9 Å². The maximum absolute atomic E-state index is 12.3. The second-order valence-corrected chi connectivity index (χ2v) is 4.45. The summed E-state index contributed by atoms with van der Waals surface area (Å²) in [7, 11) is -5.60. The molecule has 0 heterocycles. The van der Waals surface area contributed by atoms with Crippen LogP contribution >= 0.6 is 0 Å². The van der Waals surface area contributed by atoms with Crippen LogP contribution in [0.2, 0.25) is 0 Å². The lowest BCUT2D eigenvalue weighted by molar-refractivity contribution is 0.501. The predicted octanol–water partition coefficient (Wildman–Crippen LogP) is 2.36. The van der Waals surface area contributed by atoms with Crippen LogP contribution in [0.15, 0.2) is 18.2 Å². The Labute approximate surface area is 70.6 Å². The lowest BCUT2D eigenvalue weighted by Gasteiger charge is -2.04. The van der Waals surface area contributed by atoms with Gasteiger partial charge in [0.1, 0.15) is 0 Å². The Hall–Kier alpha value is -0.773. The second-order valence-electron chi connectivity index (χ2n) is 2.87. The molecule has 1 rings (SSSR count). The van der Waals surface area contributed by atoms with E-state index < -0.39 is 14.3 Å². The highest BCUT2D eigenvalue weighted by molar-refractivity contribution is 6.73. The molecule has 0 bridgehead atoms. The summed E-state index contributed by atoms with van der Waals surface area (Å²) in [5.41, 5.74) is 1.35. The summed E-state index contributed by atoms with van der Waals surface area (Å²) >= 11 is 0. The summed E-state index contributed by atoms with van der Waals surface area (Å²) in [6, 6.07) is 4.15. The van der Waals surface area contributed by atoms with E-state index in [2.05, 4.69) is 0 Å². The van der Waals surface area contributed by atoms with Crippen LogP contribution in [0.5, 0.6) is 0 Å². The normalized spacial score (nSPS) is 11.8. The van der Waals surface area contributed by atoms with Crippen molar-refractivity contribution in [2.75, 3.05) is 0 Å². The Kier molecular flexibility index (Phi) is 2.28. The Morgan fingerprint density at radius 2 is 1.33 bits per heavy atom. The first-order valence-electron chi connectivity index (χ1n) is 3.55. The highest BCUT2D eigenvalue weighted by Crippen LogP contribution is 2.11. The fraction of sp³-hybridized carbons (Fsp3) is 0.250. The van der Waals surface area contributed by atoms with Crippen molar-refractivity contribution in [3.63, 3.8) is 0 Å². The van der Waals surface area contributed by atoms with Crippen LogP contribution in [0, 0.1) is 13.8 Å². The first-order chi connectivity index (χ1) is 5.39. The maximum Gasteiger partial charge on any atom is 0.653 e. The Morgan fingerprint density at radius 3 is 1.67 bits per heavy atom. The van der Waals surface area contributed by atoms with Crippen molar-refractivity contribution >= 4 is 14.3 Å². The molecule has 0 fully saturated rings. The van der Waals surface area contributed by atoms with E-state index in [1.165, 1.54) is 12.1 Å². The SMILES string of the molecule is Cc1cc(C)cc([Si](F)(F)F)c1. The smallest absolute Gasteiger partial charge is 0.234 e.